The lowest BCUT2D eigenvalue weighted by molar-refractivity contribution is -0.143. The van der Waals surface area contributed by atoms with Crippen molar-refractivity contribution >= 4 is 23.4 Å². The van der Waals surface area contributed by atoms with Gasteiger partial charge in [0.1, 0.15) is 5.75 Å². The number of hydrogen-bond donors (Lipinski definition) is 0. The Labute approximate surface area is 221 Å². The van der Waals surface area contributed by atoms with E-state index in [0.717, 1.165) is 11.3 Å². The number of hydrogen-bond acceptors (Lipinski definition) is 8. The van der Waals surface area contributed by atoms with E-state index in [1.165, 1.54) is 37.0 Å². The quantitative estimate of drug-likeness (QED) is 0.401. The Balaban J connectivity index is 1.89. The number of methoxy groups -OCH3 is 2. The molecule has 200 valence electrons. The zero-order valence-corrected chi connectivity index (χ0v) is 22.2. The maximum absolute atomic E-state index is 13.7. The zero-order chi connectivity index (χ0) is 27.6. The Morgan fingerprint density at radius 2 is 1.87 bits per heavy atom. The largest absolute Gasteiger partial charge is 0.497 e. The molecule has 38 heavy (non-hydrogen) atoms. The molecule has 11 heteroatoms. The van der Waals surface area contributed by atoms with Crippen LogP contribution in [0.3, 0.4) is 0 Å². The first-order valence-electron chi connectivity index (χ1n) is 11.6. The molecule has 0 fully saturated rings. The lowest BCUT2D eigenvalue weighted by Gasteiger charge is -2.25. The number of alkyl halides is 2. The monoisotopic (exact) mass is 544 g/mol. The first kappa shape index (κ1) is 27.1. The highest BCUT2D eigenvalue weighted by atomic mass is 32.1. The second kappa shape index (κ2) is 11.2. The number of rotatable bonds is 8. The lowest BCUT2D eigenvalue weighted by atomic mass is 9.95. The maximum Gasteiger partial charge on any atom is 0.387 e. The van der Waals surface area contributed by atoms with E-state index < -0.39 is 18.6 Å². The third kappa shape index (κ3) is 5.47. The molecule has 1 aliphatic heterocycles. The fraction of sp³-hybridized carbons (Fsp3) is 0.296. The Morgan fingerprint density at radius 3 is 2.53 bits per heavy atom. The molecule has 8 nitrogen and oxygen atoms in total. The lowest BCUT2D eigenvalue weighted by Crippen LogP contribution is -2.40. The highest BCUT2D eigenvalue weighted by molar-refractivity contribution is 7.07. The van der Waals surface area contributed by atoms with Gasteiger partial charge >= 0.3 is 12.6 Å². The molecule has 0 radical (unpaired) electrons. The molecule has 1 atom stereocenters. The van der Waals surface area contributed by atoms with Crippen molar-refractivity contribution in [1.82, 2.24) is 4.57 Å². The molecule has 1 aliphatic rings. The van der Waals surface area contributed by atoms with Gasteiger partial charge in [-0.2, -0.15) is 8.78 Å². The maximum atomic E-state index is 13.7. The fourth-order valence-electron chi connectivity index (χ4n) is 4.11. The molecule has 0 amide bonds. The topological polar surface area (TPSA) is 88.4 Å². The van der Waals surface area contributed by atoms with Crippen LogP contribution in [0.4, 0.5) is 8.78 Å². The van der Waals surface area contributed by atoms with Crippen molar-refractivity contribution in [3.8, 4) is 17.2 Å². The van der Waals surface area contributed by atoms with E-state index in [0.29, 0.717) is 31.9 Å². The van der Waals surface area contributed by atoms with E-state index in [1.807, 2.05) is 0 Å². The third-order valence-electron chi connectivity index (χ3n) is 5.70. The van der Waals surface area contributed by atoms with Crippen molar-refractivity contribution in [2.75, 3.05) is 14.2 Å². The SMILES string of the molecule is COc1cccc([C@H]2C(C(=O)OC(C)C)=C(C)N=c3s/c(=C\c4ccc(OC(F)F)c(OC)c4)c(=O)n32)c1. The molecule has 0 spiro atoms. The first-order chi connectivity index (χ1) is 18.1. The van der Waals surface area contributed by atoms with Gasteiger partial charge in [-0.25, -0.2) is 9.79 Å². The standard InChI is InChI=1S/C27H26F2N2O6S/c1-14(2)36-25(33)22-15(3)30-27-31(23(22)17-7-6-8-18(13-17)34-4)24(32)21(38-27)12-16-9-10-19(37-26(28)29)20(11-16)35-5/h6-14,23,26H,1-5H3/b21-12-/t23-/m0/s1. The zero-order valence-electron chi connectivity index (χ0n) is 21.4. The molecule has 2 aromatic carbocycles. The molecule has 0 unspecified atom stereocenters. The smallest absolute Gasteiger partial charge is 0.387 e. The normalized spacial score (nSPS) is 15.4. The number of ether oxygens (including phenoxy) is 4. The van der Waals surface area contributed by atoms with Crippen LogP contribution in [-0.4, -0.2) is 37.5 Å². The van der Waals surface area contributed by atoms with Crippen molar-refractivity contribution in [2.24, 2.45) is 4.99 Å². The molecule has 0 aliphatic carbocycles. The molecule has 2 heterocycles. The minimum Gasteiger partial charge on any atom is -0.497 e. The number of nitrogens with zero attached hydrogens (tertiary/aromatic N) is 2. The van der Waals surface area contributed by atoms with Crippen molar-refractivity contribution in [3.63, 3.8) is 0 Å². The minimum absolute atomic E-state index is 0.0932. The van der Waals surface area contributed by atoms with Crippen LogP contribution in [0.1, 0.15) is 37.9 Å². The predicted octanol–water partition coefficient (Wildman–Crippen LogP) is 3.81. The third-order valence-corrected chi connectivity index (χ3v) is 6.68. The van der Waals surface area contributed by atoms with Crippen LogP contribution in [0.25, 0.3) is 6.08 Å². The van der Waals surface area contributed by atoms with Gasteiger partial charge in [0.2, 0.25) is 0 Å². The van der Waals surface area contributed by atoms with Crippen LogP contribution in [0.15, 0.2) is 63.5 Å². The highest BCUT2D eigenvalue weighted by Crippen LogP contribution is 2.33. The number of fused-ring (bicyclic) bond motifs is 1. The van der Waals surface area contributed by atoms with Crippen molar-refractivity contribution in [3.05, 3.63) is 84.5 Å². The van der Waals surface area contributed by atoms with E-state index >= 15 is 0 Å². The number of esters is 1. The van der Waals surface area contributed by atoms with Crippen LogP contribution in [0, 0.1) is 0 Å². The van der Waals surface area contributed by atoms with Gasteiger partial charge < -0.3 is 18.9 Å². The molecule has 0 saturated carbocycles. The number of carbonyl (C=O) groups is 1. The summed E-state index contributed by atoms with van der Waals surface area (Å²) in [6, 6.07) is 10.7. The van der Waals surface area contributed by atoms with E-state index in [1.54, 1.807) is 51.1 Å². The average Bonchev–Trinajstić information content (AvgIpc) is 3.17. The van der Waals surface area contributed by atoms with Crippen molar-refractivity contribution in [2.45, 2.75) is 39.5 Å². The van der Waals surface area contributed by atoms with Crippen LogP contribution >= 0.6 is 11.3 Å². The van der Waals surface area contributed by atoms with Gasteiger partial charge in [-0.1, -0.05) is 29.5 Å². The number of thiazole rings is 1. The van der Waals surface area contributed by atoms with E-state index in [2.05, 4.69) is 9.73 Å². The van der Waals surface area contributed by atoms with Gasteiger partial charge in [0.15, 0.2) is 16.3 Å². The Kier molecular flexibility index (Phi) is 7.96. The fourth-order valence-corrected chi connectivity index (χ4v) is 5.15. The van der Waals surface area contributed by atoms with Crippen LogP contribution in [0.5, 0.6) is 17.2 Å². The summed E-state index contributed by atoms with van der Waals surface area (Å²) in [5.74, 6) is -0.0320. The van der Waals surface area contributed by atoms with Gasteiger partial charge in [0.05, 0.1) is 42.2 Å². The van der Waals surface area contributed by atoms with Crippen LogP contribution in [0.2, 0.25) is 0 Å². The summed E-state index contributed by atoms with van der Waals surface area (Å²) in [6.45, 7) is 2.19. The van der Waals surface area contributed by atoms with Gasteiger partial charge in [0.25, 0.3) is 5.56 Å². The van der Waals surface area contributed by atoms with E-state index in [9.17, 15) is 18.4 Å². The molecule has 0 N–H and O–H groups in total. The number of halogens is 2. The van der Waals surface area contributed by atoms with Gasteiger partial charge in [0, 0.05) is 0 Å². The van der Waals surface area contributed by atoms with Crippen molar-refractivity contribution < 1.29 is 32.5 Å². The van der Waals surface area contributed by atoms with Gasteiger partial charge in [-0.15, -0.1) is 0 Å². The summed E-state index contributed by atoms with van der Waals surface area (Å²) in [7, 11) is 2.87. The van der Waals surface area contributed by atoms with Crippen LogP contribution in [-0.2, 0) is 9.53 Å². The highest BCUT2D eigenvalue weighted by Gasteiger charge is 2.34. The second-order valence-corrected chi connectivity index (χ2v) is 9.61. The number of allylic oxidation sites excluding steroid dienone is 1. The Bertz CT molecular complexity index is 1570. The molecule has 4 rings (SSSR count). The summed E-state index contributed by atoms with van der Waals surface area (Å²) in [6.07, 6.45) is 1.23. The summed E-state index contributed by atoms with van der Waals surface area (Å²) < 4.78 is 47.7. The number of aromatic nitrogens is 1. The molecule has 3 aromatic rings. The van der Waals surface area contributed by atoms with Crippen molar-refractivity contribution in [1.29, 1.82) is 0 Å². The molecular weight excluding hydrogens is 518 g/mol. The predicted molar refractivity (Wildman–Crippen MR) is 138 cm³/mol. The summed E-state index contributed by atoms with van der Waals surface area (Å²) >= 11 is 1.14. The summed E-state index contributed by atoms with van der Waals surface area (Å²) in [5.41, 5.74) is 1.49. The number of carbonyl (C=O) groups excluding carboxylic acids is 1. The first-order valence-corrected chi connectivity index (χ1v) is 12.4. The van der Waals surface area contributed by atoms with E-state index in [4.69, 9.17) is 14.2 Å². The second-order valence-electron chi connectivity index (χ2n) is 8.60. The van der Waals surface area contributed by atoms with Crippen LogP contribution < -0.4 is 29.1 Å². The minimum atomic E-state index is -3.00. The average molecular weight is 545 g/mol. The van der Waals surface area contributed by atoms with Gasteiger partial charge in [-0.05, 0) is 62.2 Å². The van der Waals surface area contributed by atoms with E-state index in [-0.39, 0.29) is 28.7 Å². The number of benzene rings is 2. The molecule has 0 bridgehead atoms. The Morgan fingerprint density at radius 1 is 1.11 bits per heavy atom. The van der Waals surface area contributed by atoms with Gasteiger partial charge in [-0.3, -0.25) is 9.36 Å². The molecule has 0 saturated heterocycles. The molecular formula is C27H26F2N2O6S. The molecule has 1 aromatic heterocycles. The summed E-state index contributed by atoms with van der Waals surface area (Å²) in [5, 5.41) is 0. The summed E-state index contributed by atoms with van der Waals surface area (Å²) in [4.78, 5) is 31.9. The Hall–Kier alpha value is -3.99.